The third-order valence-corrected chi connectivity index (χ3v) is 2.34. The van der Waals surface area contributed by atoms with Gasteiger partial charge in [-0.2, -0.15) is 0 Å². The van der Waals surface area contributed by atoms with Crippen LogP contribution in [0.4, 0.5) is 0 Å². The van der Waals surface area contributed by atoms with Gasteiger partial charge in [0.05, 0.1) is 5.57 Å². The van der Waals surface area contributed by atoms with Crippen molar-refractivity contribution in [2.45, 2.75) is 26.4 Å². The summed E-state index contributed by atoms with van der Waals surface area (Å²) < 4.78 is 10.8. The van der Waals surface area contributed by atoms with Gasteiger partial charge in [0.25, 0.3) is 0 Å². The molecule has 0 spiro atoms. The fraction of sp³-hybridized carbons (Fsp3) is 0.357. The fourth-order valence-electron chi connectivity index (χ4n) is 1.64. The van der Waals surface area contributed by atoms with Gasteiger partial charge in [0.15, 0.2) is 0 Å². The first-order chi connectivity index (χ1) is 7.97. The minimum atomic E-state index is -0.482. The molecule has 1 aliphatic carbocycles. The molecule has 2 aliphatic rings. The Morgan fingerprint density at radius 2 is 2.06 bits per heavy atom. The molecule has 0 unspecified atom stereocenters. The predicted molar refractivity (Wildman–Crippen MR) is 65.2 cm³/mol. The van der Waals surface area contributed by atoms with Crippen molar-refractivity contribution in [3.63, 3.8) is 0 Å². The summed E-state index contributed by atoms with van der Waals surface area (Å²) in [6, 6.07) is 0. The van der Waals surface area contributed by atoms with E-state index in [9.17, 15) is 4.79 Å². The molecule has 1 heterocycles. The van der Waals surface area contributed by atoms with E-state index in [1.165, 1.54) is 0 Å². The second-order valence-corrected chi connectivity index (χ2v) is 4.96. The van der Waals surface area contributed by atoms with E-state index in [1.807, 2.05) is 51.2 Å². The van der Waals surface area contributed by atoms with Crippen LogP contribution >= 0.6 is 0 Å². The molecule has 0 N–H and O–H groups in total. The Balaban J connectivity index is 2.27. The summed E-state index contributed by atoms with van der Waals surface area (Å²) in [5, 5.41) is 0. The van der Waals surface area contributed by atoms with Crippen molar-refractivity contribution < 1.29 is 14.3 Å². The van der Waals surface area contributed by atoms with Gasteiger partial charge in [0.2, 0.25) is 0 Å². The topological polar surface area (TPSA) is 35.5 Å². The summed E-state index contributed by atoms with van der Waals surface area (Å²) in [5.74, 6) is 0.429. The van der Waals surface area contributed by atoms with Crippen molar-refractivity contribution >= 4 is 5.97 Å². The number of rotatable bonds is 1. The number of ether oxygens (including phenoxy) is 2. The first kappa shape index (κ1) is 11.7. The quantitative estimate of drug-likeness (QED) is 0.652. The maximum atomic E-state index is 12.0. The Labute approximate surface area is 101 Å². The number of fused-ring (bicyclic) bond motifs is 1. The highest BCUT2D eigenvalue weighted by Crippen LogP contribution is 2.29. The van der Waals surface area contributed by atoms with E-state index in [1.54, 1.807) is 0 Å². The van der Waals surface area contributed by atoms with E-state index >= 15 is 0 Å². The molecule has 0 atom stereocenters. The van der Waals surface area contributed by atoms with Gasteiger partial charge in [-0.25, -0.2) is 4.79 Å². The highest BCUT2D eigenvalue weighted by atomic mass is 16.6. The third-order valence-electron chi connectivity index (χ3n) is 2.34. The Morgan fingerprint density at radius 3 is 2.76 bits per heavy atom. The normalized spacial score (nSPS) is 18.4. The van der Waals surface area contributed by atoms with Crippen LogP contribution in [0.3, 0.4) is 0 Å². The smallest absolute Gasteiger partial charge is 0.338 e. The predicted octanol–water partition coefficient (Wildman–Crippen LogP) is 2.66. The van der Waals surface area contributed by atoms with E-state index in [-0.39, 0.29) is 12.6 Å². The molecule has 0 amide bonds. The summed E-state index contributed by atoms with van der Waals surface area (Å²) in [7, 11) is 0. The van der Waals surface area contributed by atoms with Crippen LogP contribution < -0.4 is 0 Å². The average Bonchev–Trinajstić information content (AvgIpc) is 2.46. The van der Waals surface area contributed by atoms with Crippen LogP contribution in [0.1, 0.15) is 20.8 Å². The minimum Gasteiger partial charge on any atom is -0.488 e. The molecule has 17 heavy (non-hydrogen) atoms. The Hall–Kier alpha value is -1.77. The number of hydrogen-bond donors (Lipinski definition) is 0. The molecular weight excluding hydrogens is 216 g/mol. The van der Waals surface area contributed by atoms with Gasteiger partial charge in [-0.15, -0.1) is 0 Å². The van der Waals surface area contributed by atoms with Crippen LogP contribution in [0.25, 0.3) is 0 Å². The SMILES string of the molecule is CC(C)(C)OC(=O)C1=C2C=CC=CC=C2OC1. The maximum Gasteiger partial charge on any atom is 0.338 e. The zero-order valence-electron chi connectivity index (χ0n) is 10.3. The lowest BCUT2D eigenvalue weighted by Crippen LogP contribution is -2.25. The molecule has 0 bridgehead atoms. The molecular formula is C14H16O3. The van der Waals surface area contributed by atoms with Crippen molar-refractivity contribution in [1.29, 1.82) is 0 Å². The van der Waals surface area contributed by atoms with E-state index in [4.69, 9.17) is 9.47 Å². The van der Waals surface area contributed by atoms with Gasteiger partial charge in [-0.05, 0) is 26.8 Å². The fourth-order valence-corrected chi connectivity index (χ4v) is 1.64. The summed E-state index contributed by atoms with van der Waals surface area (Å²) >= 11 is 0. The lowest BCUT2D eigenvalue weighted by Gasteiger charge is -2.19. The molecule has 0 radical (unpaired) electrons. The second-order valence-electron chi connectivity index (χ2n) is 4.96. The van der Waals surface area contributed by atoms with Crippen molar-refractivity contribution in [2.24, 2.45) is 0 Å². The van der Waals surface area contributed by atoms with Crippen molar-refractivity contribution in [1.82, 2.24) is 0 Å². The average molecular weight is 232 g/mol. The molecule has 0 aromatic rings. The first-order valence-electron chi connectivity index (χ1n) is 5.62. The summed E-state index contributed by atoms with van der Waals surface area (Å²) in [5.41, 5.74) is 0.930. The molecule has 3 nitrogen and oxygen atoms in total. The molecule has 0 saturated carbocycles. The molecule has 0 aromatic carbocycles. The van der Waals surface area contributed by atoms with Gasteiger partial charge in [-0.3, -0.25) is 0 Å². The van der Waals surface area contributed by atoms with Crippen LogP contribution in [0.5, 0.6) is 0 Å². The molecule has 0 saturated heterocycles. The molecule has 2 rings (SSSR count). The summed E-state index contributed by atoms with van der Waals surface area (Å²) in [6.45, 7) is 5.85. The number of carbonyl (C=O) groups excluding carboxylic acids is 1. The molecule has 3 heteroatoms. The van der Waals surface area contributed by atoms with E-state index in [2.05, 4.69) is 0 Å². The Morgan fingerprint density at radius 1 is 1.29 bits per heavy atom. The van der Waals surface area contributed by atoms with Crippen molar-refractivity contribution in [3.05, 3.63) is 47.3 Å². The maximum absolute atomic E-state index is 12.0. The van der Waals surface area contributed by atoms with Crippen LogP contribution in [-0.4, -0.2) is 18.2 Å². The zero-order valence-corrected chi connectivity index (χ0v) is 10.3. The number of hydrogen-bond acceptors (Lipinski definition) is 3. The van der Waals surface area contributed by atoms with E-state index in [0.29, 0.717) is 5.57 Å². The standard InChI is InChI=1S/C14H16O3/c1-14(2,3)17-13(15)11-9-16-12-8-6-4-5-7-10(11)12/h4-8H,9H2,1-3H3. The van der Waals surface area contributed by atoms with Crippen LogP contribution in [0, 0.1) is 0 Å². The van der Waals surface area contributed by atoms with Crippen LogP contribution in [-0.2, 0) is 14.3 Å². The van der Waals surface area contributed by atoms with E-state index < -0.39 is 5.60 Å². The monoisotopic (exact) mass is 232 g/mol. The van der Waals surface area contributed by atoms with Crippen molar-refractivity contribution in [3.8, 4) is 0 Å². The minimum absolute atomic E-state index is 0.286. The van der Waals surface area contributed by atoms with Gasteiger partial charge in [0.1, 0.15) is 18.0 Å². The van der Waals surface area contributed by atoms with Crippen LogP contribution in [0.15, 0.2) is 47.3 Å². The van der Waals surface area contributed by atoms with Crippen LogP contribution in [0.2, 0.25) is 0 Å². The van der Waals surface area contributed by atoms with E-state index in [0.717, 1.165) is 11.3 Å². The van der Waals surface area contributed by atoms with Gasteiger partial charge in [-0.1, -0.05) is 24.3 Å². The second kappa shape index (κ2) is 4.24. The highest BCUT2D eigenvalue weighted by Gasteiger charge is 2.28. The number of esters is 1. The molecule has 0 fully saturated rings. The van der Waals surface area contributed by atoms with Gasteiger partial charge >= 0.3 is 5.97 Å². The Kier molecular flexibility index (Phi) is 2.92. The summed E-state index contributed by atoms with van der Waals surface area (Å²) in [6.07, 6.45) is 9.40. The lowest BCUT2D eigenvalue weighted by atomic mass is 10.1. The molecule has 0 aromatic heterocycles. The largest absolute Gasteiger partial charge is 0.488 e. The zero-order chi connectivity index (χ0) is 12.5. The van der Waals surface area contributed by atoms with Gasteiger partial charge in [0, 0.05) is 5.57 Å². The highest BCUT2D eigenvalue weighted by molar-refractivity contribution is 5.92. The molecule has 1 aliphatic heterocycles. The molecule has 90 valence electrons. The lowest BCUT2D eigenvalue weighted by molar-refractivity contribution is -0.150. The number of allylic oxidation sites excluding steroid dienone is 5. The summed E-state index contributed by atoms with van der Waals surface area (Å²) in [4.78, 5) is 12.0. The number of carbonyl (C=O) groups is 1. The van der Waals surface area contributed by atoms with Gasteiger partial charge < -0.3 is 9.47 Å². The van der Waals surface area contributed by atoms with Crippen molar-refractivity contribution in [2.75, 3.05) is 6.61 Å². The Bertz CT molecular complexity index is 456. The first-order valence-corrected chi connectivity index (χ1v) is 5.62. The third kappa shape index (κ3) is 2.67.